The summed E-state index contributed by atoms with van der Waals surface area (Å²) in [4.78, 5) is 2.34. The normalized spacial score (nSPS) is 11.1. The molecule has 3 heteroatoms. The lowest BCUT2D eigenvalue weighted by atomic mass is 10.1. The van der Waals surface area contributed by atoms with Crippen LogP contribution in [0.1, 0.15) is 24.5 Å². The molecular formula is C15H26N2O. The van der Waals surface area contributed by atoms with Crippen molar-refractivity contribution in [1.82, 2.24) is 10.2 Å². The molecule has 18 heavy (non-hydrogen) atoms. The van der Waals surface area contributed by atoms with Crippen LogP contribution in [-0.2, 0) is 17.8 Å². The highest BCUT2D eigenvalue weighted by atomic mass is 16.5. The molecule has 1 aromatic rings. The quantitative estimate of drug-likeness (QED) is 0.680. The third-order valence-corrected chi connectivity index (χ3v) is 2.91. The van der Waals surface area contributed by atoms with Crippen LogP contribution in [0.25, 0.3) is 0 Å². The zero-order valence-corrected chi connectivity index (χ0v) is 11.9. The van der Waals surface area contributed by atoms with Crippen molar-refractivity contribution >= 4 is 0 Å². The molecule has 102 valence electrons. The van der Waals surface area contributed by atoms with E-state index in [9.17, 15) is 0 Å². The molecule has 0 spiro atoms. The first kappa shape index (κ1) is 15.2. The summed E-state index contributed by atoms with van der Waals surface area (Å²) in [5.41, 5.74) is 2.74. The predicted molar refractivity (Wildman–Crippen MR) is 76.6 cm³/mol. The Morgan fingerprint density at radius 1 is 1.28 bits per heavy atom. The third-order valence-electron chi connectivity index (χ3n) is 2.91. The molecule has 0 saturated carbocycles. The van der Waals surface area contributed by atoms with Crippen LogP contribution in [0.4, 0.5) is 0 Å². The van der Waals surface area contributed by atoms with Crippen LogP contribution in [0.5, 0.6) is 0 Å². The second-order valence-corrected chi connectivity index (χ2v) is 4.68. The number of methoxy groups -OCH3 is 1. The summed E-state index contributed by atoms with van der Waals surface area (Å²) in [6.45, 7) is 7.02. The van der Waals surface area contributed by atoms with Crippen molar-refractivity contribution in [3.05, 3.63) is 35.4 Å². The molecule has 1 aromatic carbocycles. The summed E-state index contributed by atoms with van der Waals surface area (Å²) < 4.78 is 5.07. The molecule has 3 nitrogen and oxygen atoms in total. The minimum atomic E-state index is 0.838. The second-order valence-electron chi connectivity index (χ2n) is 4.68. The first-order valence-electron chi connectivity index (χ1n) is 6.72. The summed E-state index contributed by atoms with van der Waals surface area (Å²) in [5.74, 6) is 0. The monoisotopic (exact) mass is 250 g/mol. The molecule has 0 saturated heterocycles. The molecule has 0 aliphatic heterocycles. The van der Waals surface area contributed by atoms with Gasteiger partial charge in [-0.3, -0.25) is 0 Å². The van der Waals surface area contributed by atoms with Gasteiger partial charge in [0.05, 0.1) is 0 Å². The summed E-state index contributed by atoms with van der Waals surface area (Å²) in [7, 11) is 3.91. The van der Waals surface area contributed by atoms with E-state index < -0.39 is 0 Å². The Morgan fingerprint density at radius 3 is 2.78 bits per heavy atom. The maximum absolute atomic E-state index is 5.07. The number of ether oxygens (including phenoxy) is 1. The molecule has 1 rings (SSSR count). The molecule has 0 fully saturated rings. The van der Waals surface area contributed by atoms with E-state index in [1.54, 1.807) is 7.11 Å². The number of rotatable bonds is 9. The molecular weight excluding hydrogens is 224 g/mol. The second kappa shape index (κ2) is 9.09. The van der Waals surface area contributed by atoms with Crippen molar-refractivity contribution < 1.29 is 4.74 Å². The van der Waals surface area contributed by atoms with Crippen LogP contribution in [-0.4, -0.2) is 38.8 Å². The maximum Gasteiger partial charge on any atom is 0.0474 e. The molecule has 0 unspecified atom stereocenters. The Balaban J connectivity index is 2.40. The van der Waals surface area contributed by atoms with Gasteiger partial charge in [-0.25, -0.2) is 0 Å². The van der Waals surface area contributed by atoms with Crippen LogP contribution >= 0.6 is 0 Å². The van der Waals surface area contributed by atoms with Gasteiger partial charge in [0.2, 0.25) is 0 Å². The lowest BCUT2D eigenvalue weighted by Crippen LogP contribution is -2.20. The number of nitrogens with zero attached hydrogens (tertiary/aromatic N) is 1. The lowest BCUT2D eigenvalue weighted by Gasteiger charge is -2.17. The van der Waals surface area contributed by atoms with Crippen molar-refractivity contribution in [2.45, 2.75) is 26.4 Å². The average molecular weight is 250 g/mol. The highest BCUT2D eigenvalue weighted by Crippen LogP contribution is 2.08. The molecule has 0 atom stereocenters. The fourth-order valence-electron chi connectivity index (χ4n) is 1.98. The molecule has 0 aliphatic rings. The van der Waals surface area contributed by atoms with Gasteiger partial charge in [0.1, 0.15) is 0 Å². The summed E-state index contributed by atoms with van der Waals surface area (Å²) in [6, 6.07) is 8.81. The van der Waals surface area contributed by atoms with Gasteiger partial charge in [-0.1, -0.05) is 31.2 Å². The van der Waals surface area contributed by atoms with E-state index in [0.717, 1.165) is 39.2 Å². The van der Waals surface area contributed by atoms with Crippen LogP contribution < -0.4 is 5.32 Å². The van der Waals surface area contributed by atoms with Gasteiger partial charge >= 0.3 is 0 Å². The average Bonchev–Trinajstić information content (AvgIpc) is 2.37. The lowest BCUT2D eigenvalue weighted by molar-refractivity contribution is 0.178. The summed E-state index contributed by atoms with van der Waals surface area (Å²) in [5, 5.41) is 3.36. The van der Waals surface area contributed by atoms with Gasteiger partial charge in [0.15, 0.2) is 0 Å². The highest BCUT2D eigenvalue weighted by Gasteiger charge is 2.01. The van der Waals surface area contributed by atoms with E-state index in [4.69, 9.17) is 4.74 Å². The molecule has 0 bridgehead atoms. The Bertz CT molecular complexity index is 328. The van der Waals surface area contributed by atoms with E-state index in [1.807, 2.05) is 0 Å². The van der Waals surface area contributed by atoms with Crippen molar-refractivity contribution in [3.63, 3.8) is 0 Å². The summed E-state index contributed by atoms with van der Waals surface area (Å²) >= 11 is 0. The van der Waals surface area contributed by atoms with Crippen LogP contribution in [0.15, 0.2) is 24.3 Å². The van der Waals surface area contributed by atoms with Crippen LogP contribution in [0, 0.1) is 0 Å². The fourth-order valence-corrected chi connectivity index (χ4v) is 1.98. The SMILES string of the molecule is CCNCc1cccc(CN(C)CCCOC)c1. The smallest absolute Gasteiger partial charge is 0.0474 e. The van der Waals surface area contributed by atoms with Crippen LogP contribution in [0.3, 0.4) is 0 Å². The van der Waals surface area contributed by atoms with Gasteiger partial charge < -0.3 is 15.0 Å². The first-order chi connectivity index (χ1) is 8.76. The van der Waals surface area contributed by atoms with Crippen molar-refractivity contribution in [3.8, 4) is 0 Å². The minimum absolute atomic E-state index is 0.838. The van der Waals surface area contributed by atoms with E-state index in [0.29, 0.717) is 0 Å². The third kappa shape index (κ3) is 6.15. The van der Waals surface area contributed by atoms with E-state index in [1.165, 1.54) is 11.1 Å². The number of benzene rings is 1. The minimum Gasteiger partial charge on any atom is -0.385 e. The molecule has 0 amide bonds. The van der Waals surface area contributed by atoms with E-state index in [-0.39, 0.29) is 0 Å². The zero-order valence-electron chi connectivity index (χ0n) is 11.9. The van der Waals surface area contributed by atoms with E-state index in [2.05, 4.69) is 48.5 Å². The Labute approximate surface area is 111 Å². The van der Waals surface area contributed by atoms with Gasteiger partial charge in [-0.15, -0.1) is 0 Å². The standard InChI is InChI=1S/C15H26N2O/c1-4-16-12-14-7-5-8-15(11-14)13-17(2)9-6-10-18-3/h5,7-8,11,16H,4,6,9-10,12-13H2,1-3H3. The number of nitrogens with one attached hydrogen (secondary N) is 1. The van der Waals surface area contributed by atoms with Crippen molar-refractivity contribution in [2.24, 2.45) is 0 Å². The molecule has 0 aromatic heterocycles. The first-order valence-corrected chi connectivity index (χ1v) is 6.72. The number of hydrogen-bond donors (Lipinski definition) is 1. The fraction of sp³-hybridized carbons (Fsp3) is 0.600. The molecule has 0 aliphatic carbocycles. The maximum atomic E-state index is 5.07. The summed E-state index contributed by atoms with van der Waals surface area (Å²) in [6.07, 6.45) is 1.09. The van der Waals surface area contributed by atoms with Crippen molar-refractivity contribution in [1.29, 1.82) is 0 Å². The molecule has 1 N–H and O–H groups in total. The van der Waals surface area contributed by atoms with Gasteiger partial charge in [0, 0.05) is 33.4 Å². The highest BCUT2D eigenvalue weighted by molar-refractivity contribution is 5.23. The molecule has 0 heterocycles. The largest absolute Gasteiger partial charge is 0.385 e. The topological polar surface area (TPSA) is 24.5 Å². The van der Waals surface area contributed by atoms with Crippen LogP contribution in [0.2, 0.25) is 0 Å². The van der Waals surface area contributed by atoms with Gasteiger partial charge in [-0.2, -0.15) is 0 Å². The van der Waals surface area contributed by atoms with Gasteiger partial charge in [-0.05, 0) is 31.1 Å². The van der Waals surface area contributed by atoms with Crippen molar-refractivity contribution in [2.75, 3.05) is 33.9 Å². The van der Waals surface area contributed by atoms with Gasteiger partial charge in [0.25, 0.3) is 0 Å². The Kier molecular flexibility index (Phi) is 7.65. The Hall–Kier alpha value is -0.900. The number of hydrogen-bond acceptors (Lipinski definition) is 3. The Morgan fingerprint density at radius 2 is 2.06 bits per heavy atom. The predicted octanol–water partition coefficient (Wildman–Crippen LogP) is 2.26. The van der Waals surface area contributed by atoms with E-state index >= 15 is 0 Å². The molecule has 0 radical (unpaired) electrons. The zero-order chi connectivity index (χ0) is 13.2.